The quantitative estimate of drug-likeness (QED) is 0.859. The van der Waals surface area contributed by atoms with E-state index in [2.05, 4.69) is 5.32 Å². The highest BCUT2D eigenvalue weighted by molar-refractivity contribution is 7.90. The van der Waals surface area contributed by atoms with Gasteiger partial charge in [0, 0.05) is 0 Å². The van der Waals surface area contributed by atoms with Crippen LogP contribution < -0.4 is 14.8 Å². The highest BCUT2D eigenvalue weighted by Crippen LogP contribution is 2.29. The van der Waals surface area contributed by atoms with Gasteiger partial charge in [-0.15, -0.1) is 0 Å². The molecule has 0 fully saturated rings. The number of anilines is 1. The van der Waals surface area contributed by atoms with Gasteiger partial charge in [-0.25, -0.2) is 13.1 Å². The fraction of sp³-hybridized carbons (Fsp3) is 0.143. The second-order valence-corrected chi connectivity index (χ2v) is 7.29. The van der Waals surface area contributed by atoms with Gasteiger partial charge in [-0.3, -0.25) is 9.59 Å². The zero-order valence-electron chi connectivity index (χ0n) is 11.7. The van der Waals surface area contributed by atoms with Gasteiger partial charge in [-0.2, -0.15) is 11.3 Å². The molecule has 1 aromatic heterocycles. The predicted molar refractivity (Wildman–Crippen MR) is 83.9 cm³/mol. The Bertz CT molecular complexity index is 859. The lowest BCUT2D eigenvalue weighted by atomic mass is 10.2. The number of hydrogen-bond acceptors (Lipinski definition) is 6. The Balaban J connectivity index is 1.78. The number of nitrogens with one attached hydrogen (secondary N) is 2. The molecule has 2 amide bonds. The summed E-state index contributed by atoms with van der Waals surface area (Å²) in [5.74, 6) is -0.608. The van der Waals surface area contributed by atoms with Crippen molar-refractivity contribution < 1.29 is 22.7 Å². The van der Waals surface area contributed by atoms with Gasteiger partial charge >= 0.3 is 0 Å². The minimum Gasteiger partial charge on any atom is -0.482 e. The van der Waals surface area contributed by atoms with Gasteiger partial charge in [-0.05, 0) is 40.6 Å². The van der Waals surface area contributed by atoms with Crippen molar-refractivity contribution in [3.63, 3.8) is 0 Å². The van der Waals surface area contributed by atoms with Gasteiger partial charge in [0.05, 0.1) is 17.0 Å². The number of carbonyl (C=O) groups excluding carboxylic acids is 2. The van der Waals surface area contributed by atoms with Crippen molar-refractivity contribution >= 4 is 38.9 Å². The molecule has 0 aliphatic carbocycles. The van der Waals surface area contributed by atoms with Crippen LogP contribution in [0.2, 0.25) is 0 Å². The van der Waals surface area contributed by atoms with E-state index in [-0.39, 0.29) is 29.5 Å². The second kappa shape index (κ2) is 6.01. The number of sulfonamides is 1. The summed E-state index contributed by atoms with van der Waals surface area (Å²) < 4.78 is 31.7. The van der Waals surface area contributed by atoms with E-state index >= 15 is 0 Å². The van der Waals surface area contributed by atoms with Crippen LogP contribution in [-0.2, 0) is 26.0 Å². The molecular weight excluding hydrogens is 340 g/mol. The van der Waals surface area contributed by atoms with E-state index < -0.39 is 15.9 Å². The van der Waals surface area contributed by atoms with Crippen LogP contribution in [0.1, 0.15) is 5.56 Å². The maximum Gasteiger partial charge on any atom is 0.264 e. The summed E-state index contributed by atoms with van der Waals surface area (Å²) in [5.41, 5.74) is 1.00. The lowest BCUT2D eigenvalue weighted by Crippen LogP contribution is -2.32. The molecule has 2 aromatic rings. The third kappa shape index (κ3) is 3.51. The molecule has 0 unspecified atom stereocenters. The Labute approximate surface area is 136 Å². The van der Waals surface area contributed by atoms with Crippen molar-refractivity contribution in [2.45, 2.75) is 11.3 Å². The van der Waals surface area contributed by atoms with E-state index in [1.807, 2.05) is 10.1 Å². The molecule has 1 aliphatic heterocycles. The summed E-state index contributed by atoms with van der Waals surface area (Å²) in [6.45, 7) is -0.115. The molecule has 120 valence electrons. The normalized spacial score (nSPS) is 13.7. The van der Waals surface area contributed by atoms with Crippen LogP contribution in [0, 0.1) is 0 Å². The summed E-state index contributed by atoms with van der Waals surface area (Å²) in [6.07, 6.45) is -0.0203. The van der Waals surface area contributed by atoms with Crippen molar-refractivity contribution in [2.24, 2.45) is 0 Å². The predicted octanol–water partition coefficient (Wildman–Crippen LogP) is 1.13. The number of amides is 2. The first-order chi connectivity index (χ1) is 10.9. The molecule has 0 saturated carbocycles. The summed E-state index contributed by atoms with van der Waals surface area (Å²) in [7, 11) is -4.02. The van der Waals surface area contributed by atoms with E-state index in [4.69, 9.17) is 4.74 Å². The van der Waals surface area contributed by atoms with E-state index in [1.165, 1.54) is 29.5 Å². The summed E-state index contributed by atoms with van der Waals surface area (Å²) in [4.78, 5) is 23.0. The number of thiophene rings is 1. The van der Waals surface area contributed by atoms with E-state index in [9.17, 15) is 18.0 Å². The fourth-order valence-corrected chi connectivity index (χ4v) is 3.73. The third-order valence-corrected chi connectivity index (χ3v) is 5.19. The molecule has 3 rings (SSSR count). The summed E-state index contributed by atoms with van der Waals surface area (Å²) in [6, 6.07) is 5.76. The average Bonchev–Trinajstić information content (AvgIpc) is 2.98. The number of hydrogen-bond donors (Lipinski definition) is 2. The topological polar surface area (TPSA) is 102 Å². The third-order valence-electron chi connectivity index (χ3n) is 3.09. The molecule has 23 heavy (non-hydrogen) atoms. The Kier molecular flexibility index (Phi) is 4.05. The first kappa shape index (κ1) is 15.5. The molecule has 1 aromatic carbocycles. The Hall–Kier alpha value is -2.39. The minimum atomic E-state index is -4.02. The second-order valence-electron chi connectivity index (χ2n) is 4.83. The van der Waals surface area contributed by atoms with Crippen LogP contribution in [-0.4, -0.2) is 26.8 Å². The maximum absolute atomic E-state index is 12.3. The number of fused-ring (bicyclic) bond motifs is 1. The largest absolute Gasteiger partial charge is 0.482 e. The first-order valence-corrected chi connectivity index (χ1v) is 9.00. The number of ether oxygens (including phenoxy) is 1. The molecule has 0 spiro atoms. The Morgan fingerprint density at radius 1 is 1.35 bits per heavy atom. The van der Waals surface area contributed by atoms with Crippen molar-refractivity contribution in [3.05, 3.63) is 40.6 Å². The Morgan fingerprint density at radius 3 is 2.91 bits per heavy atom. The van der Waals surface area contributed by atoms with Crippen molar-refractivity contribution in [2.75, 3.05) is 11.9 Å². The van der Waals surface area contributed by atoms with Gasteiger partial charge in [0.2, 0.25) is 5.91 Å². The molecule has 9 heteroatoms. The molecule has 1 aliphatic rings. The fourth-order valence-electron chi connectivity index (χ4n) is 2.05. The average molecular weight is 352 g/mol. The Morgan fingerprint density at radius 2 is 2.17 bits per heavy atom. The van der Waals surface area contributed by atoms with Crippen LogP contribution in [0.25, 0.3) is 0 Å². The van der Waals surface area contributed by atoms with Gasteiger partial charge in [-0.1, -0.05) is 0 Å². The first-order valence-electron chi connectivity index (χ1n) is 6.57. The molecular formula is C14H12N2O5S2. The van der Waals surface area contributed by atoms with Crippen LogP contribution in [0.3, 0.4) is 0 Å². The molecule has 0 atom stereocenters. The van der Waals surface area contributed by atoms with Crippen LogP contribution in [0.5, 0.6) is 5.75 Å². The van der Waals surface area contributed by atoms with Crippen LogP contribution in [0.4, 0.5) is 5.69 Å². The number of rotatable bonds is 4. The van der Waals surface area contributed by atoms with Gasteiger partial charge in [0.15, 0.2) is 6.61 Å². The molecule has 7 nitrogen and oxygen atoms in total. The number of carbonyl (C=O) groups is 2. The number of benzene rings is 1. The summed E-state index contributed by atoms with van der Waals surface area (Å²) >= 11 is 1.43. The standard InChI is InChI=1S/C14H12N2O5S2/c17-13(5-9-3-4-22-8-9)16-23(19,20)10-1-2-12-11(6-10)15-14(18)7-21-12/h1-4,6,8H,5,7H2,(H,15,18)(H,16,17). The van der Waals surface area contributed by atoms with Crippen LogP contribution in [0.15, 0.2) is 39.9 Å². The minimum absolute atomic E-state index is 0.0203. The molecule has 2 N–H and O–H groups in total. The van der Waals surface area contributed by atoms with Gasteiger partial charge < -0.3 is 10.1 Å². The monoisotopic (exact) mass is 352 g/mol. The highest BCUT2D eigenvalue weighted by Gasteiger charge is 2.22. The zero-order chi connectivity index (χ0) is 16.4. The van der Waals surface area contributed by atoms with E-state index in [0.717, 1.165) is 5.56 Å². The lowest BCUT2D eigenvalue weighted by Gasteiger charge is -2.18. The van der Waals surface area contributed by atoms with Crippen molar-refractivity contribution in [3.8, 4) is 5.75 Å². The lowest BCUT2D eigenvalue weighted by molar-refractivity contribution is -0.119. The summed E-state index contributed by atoms with van der Waals surface area (Å²) in [5, 5.41) is 6.11. The van der Waals surface area contributed by atoms with E-state index in [1.54, 1.807) is 11.4 Å². The molecule has 2 heterocycles. The smallest absolute Gasteiger partial charge is 0.264 e. The van der Waals surface area contributed by atoms with Crippen LogP contribution >= 0.6 is 11.3 Å². The highest BCUT2D eigenvalue weighted by atomic mass is 32.2. The van der Waals surface area contributed by atoms with Crippen molar-refractivity contribution in [1.82, 2.24) is 4.72 Å². The molecule has 0 radical (unpaired) electrons. The van der Waals surface area contributed by atoms with Gasteiger partial charge in [0.1, 0.15) is 5.75 Å². The SMILES string of the molecule is O=C1COc2ccc(S(=O)(=O)NC(=O)Cc3ccsc3)cc2N1. The molecule has 0 bridgehead atoms. The zero-order valence-corrected chi connectivity index (χ0v) is 13.4. The van der Waals surface area contributed by atoms with Gasteiger partial charge in [0.25, 0.3) is 15.9 Å². The van der Waals surface area contributed by atoms with E-state index in [0.29, 0.717) is 5.75 Å². The maximum atomic E-state index is 12.3. The van der Waals surface area contributed by atoms with Crippen molar-refractivity contribution in [1.29, 1.82) is 0 Å². The molecule has 0 saturated heterocycles.